The van der Waals surface area contributed by atoms with Crippen LogP contribution in [-0.2, 0) is 6.54 Å². The molecule has 5 nitrogen and oxygen atoms in total. The number of aromatic nitrogens is 1. The SMILES string of the molecule is CCCCCN1/C(=C/c2oc3ccccc3[n+]2CCCCC)Oc2ccc(OC)cc21. The predicted octanol–water partition coefficient (Wildman–Crippen LogP) is 6.31. The van der Waals surface area contributed by atoms with Gasteiger partial charge in [0.05, 0.1) is 12.8 Å². The highest BCUT2D eigenvalue weighted by Gasteiger charge is 2.30. The van der Waals surface area contributed by atoms with E-state index in [1.165, 1.54) is 25.7 Å². The number of fused-ring (bicyclic) bond motifs is 2. The Morgan fingerprint density at radius 2 is 1.81 bits per heavy atom. The molecule has 0 amide bonds. The molecule has 5 heteroatoms. The number of nitrogens with zero attached hydrogens (tertiary/aromatic N) is 2. The van der Waals surface area contributed by atoms with E-state index in [1.54, 1.807) is 7.11 Å². The minimum absolute atomic E-state index is 0.808. The second-order valence-corrected chi connectivity index (χ2v) is 8.04. The first-order valence-corrected chi connectivity index (χ1v) is 11.5. The molecule has 0 spiro atoms. The molecule has 2 heterocycles. The molecule has 0 atom stereocenters. The van der Waals surface area contributed by atoms with Crippen LogP contribution in [0.4, 0.5) is 5.69 Å². The van der Waals surface area contributed by atoms with E-state index < -0.39 is 0 Å². The maximum absolute atomic E-state index is 6.29. The molecule has 164 valence electrons. The van der Waals surface area contributed by atoms with E-state index in [9.17, 15) is 0 Å². The van der Waals surface area contributed by atoms with Crippen molar-refractivity contribution < 1.29 is 18.5 Å². The smallest absolute Gasteiger partial charge is 0.379 e. The molecule has 3 aromatic rings. The Morgan fingerprint density at radius 3 is 2.61 bits per heavy atom. The van der Waals surface area contributed by atoms with Crippen LogP contribution in [0.25, 0.3) is 17.2 Å². The number of oxazole rings is 1. The molecule has 1 aliphatic rings. The van der Waals surface area contributed by atoms with Crippen LogP contribution in [-0.4, -0.2) is 13.7 Å². The molecule has 0 aliphatic carbocycles. The van der Waals surface area contributed by atoms with Crippen LogP contribution < -0.4 is 18.9 Å². The quantitative estimate of drug-likeness (QED) is 0.284. The van der Waals surface area contributed by atoms with Crippen LogP contribution in [0.5, 0.6) is 11.5 Å². The van der Waals surface area contributed by atoms with Gasteiger partial charge in [-0.1, -0.05) is 45.2 Å². The first-order valence-electron chi connectivity index (χ1n) is 11.5. The summed E-state index contributed by atoms with van der Waals surface area (Å²) in [5.41, 5.74) is 3.08. The van der Waals surface area contributed by atoms with Crippen molar-refractivity contribution in [3.63, 3.8) is 0 Å². The summed E-state index contributed by atoms with van der Waals surface area (Å²) >= 11 is 0. The third-order valence-electron chi connectivity index (χ3n) is 5.79. The van der Waals surface area contributed by atoms with Crippen LogP contribution in [0, 0.1) is 0 Å². The molecule has 0 radical (unpaired) electrons. The molecule has 31 heavy (non-hydrogen) atoms. The van der Waals surface area contributed by atoms with Gasteiger partial charge in [0, 0.05) is 25.1 Å². The average Bonchev–Trinajstić information content (AvgIpc) is 3.31. The van der Waals surface area contributed by atoms with Crippen molar-refractivity contribution in [1.29, 1.82) is 0 Å². The highest BCUT2D eigenvalue weighted by Crippen LogP contribution is 2.42. The van der Waals surface area contributed by atoms with Gasteiger partial charge in [-0.2, -0.15) is 4.57 Å². The maximum atomic E-state index is 6.29. The van der Waals surface area contributed by atoms with E-state index in [4.69, 9.17) is 13.9 Å². The number of hydrogen-bond acceptors (Lipinski definition) is 4. The molecule has 0 N–H and O–H groups in total. The second kappa shape index (κ2) is 9.90. The molecule has 0 unspecified atom stereocenters. The lowest BCUT2D eigenvalue weighted by Gasteiger charge is -2.18. The van der Waals surface area contributed by atoms with Crippen molar-refractivity contribution in [1.82, 2.24) is 0 Å². The largest absolute Gasteiger partial charge is 0.497 e. The number of methoxy groups -OCH3 is 1. The van der Waals surface area contributed by atoms with E-state index in [1.807, 2.05) is 30.3 Å². The number of hydrogen-bond donors (Lipinski definition) is 0. The Bertz CT molecular complexity index is 1050. The topological polar surface area (TPSA) is 38.7 Å². The molecule has 0 saturated carbocycles. The van der Waals surface area contributed by atoms with E-state index >= 15 is 0 Å². The Balaban J connectivity index is 1.72. The highest BCUT2D eigenvalue weighted by atomic mass is 16.5. The van der Waals surface area contributed by atoms with Crippen LogP contribution in [0.1, 0.15) is 58.3 Å². The lowest BCUT2D eigenvalue weighted by atomic mass is 10.2. The van der Waals surface area contributed by atoms with E-state index in [-0.39, 0.29) is 0 Å². The number of aryl methyl sites for hydroxylation is 1. The van der Waals surface area contributed by atoms with Crippen molar-refractivity contribution in [2.45, 2.75) is 58.9 Å². The van der Waals surface area contributed by atoms with E-state index in [0.717, 1.165) is 66.0 Å². The molecular weight excluding hydrogens is 388 g/mol. The summed E-state index contributed by atoms with van der Waals surface area (Å²) in [7, 11) is 1.70. The first kappa shape index (κ1) is 21.3. The highest BCUT2D eigenvalue weighted by molar-refractivity contribution is 5.73. The molecule has 1 aromatic heterocycles. The fourth-order valence-corrected chi connectivity index (χ4v) is 4.08. The van der Waals surface area contributed by atoms with E-state index in [2.05, 4.69) is 41.5 Å². The number of para-hydroxylation sites is 2. The van der Waals surface area contributed by atoms with Crippen LogP contribution in [0.3, 0.4) is 0 Å². The van der Waals surface area contributed by atoms with Crippen LogP contribution in [0.15, 0.2) is 52.8 Å². The molecule has 4 rings (SSSR count). The van der Waals surface area contributed by atoms with Gasteiger partial charge in [-0.15, -0.1) is 0 Å². The minimum Gasteiger partial charge on any atom is -0.497 e. The lowest BCUT2D eigenvalue weighted by molar-refractivity contribution is -0.678. The molecule has 2 aromatic carbocycles. The summed E-state index contributed by atoms with van der Waals surface area (Å²) in [4.78, 5) is 2.25. The Morgan fingerprint density at radius 1 is 1.00 bits per heavy atom. The zero-order chi connectivity index (χ0) is 21.6. The summed E-state index contributed by atoms with van der Waals surface area (Å²) in [6, 6.07) is 14.2. The lowest BCUT2D eigenvalue weighted by Crippen LogP contribution is -2.35. The Kier molecular flexibility index (Phi) is 6.80. The molecule has 0 bridgehead atoms. The van der Waals surface area contributed by atoms with Crippen LogP contribution >= 0.6 is 0 Å². The van der Waals surface area contributed by atoms with Gasteiger partial charge in [-0.05, 0) is 31.0 Å². The minimum atomic E-state index is 0.808. The average molecular weight is 422 g/mol. The fourth-order valence-electron chi connectivity index (χ4n) is 4.08. The third kappa shape index (κ3) is 4.55. The van der Waals surface area contributed by atoms with Gasteiger partial charge < -0.3 is 18.8 Å². The number of rotatable bonds is 10. The Labute approximate surface area is 184 Å². The first-order chi connectivity index (χ1) is 15.2. The van der Waals surface area contributed by atoms with Gasteiger partial charge in [0.25, 0.3) is 5.52 Å². The summed E-state index contributed by atoms with van der Waals surface area (Å²) in [6.45, 7) is 6.28. The Hall–Kier alpha value is -2.95. The molecule has 0 fully saturated rings. The third-order valence-corrected chi connectivity index (χ3v) is 5.79. The standard InChI is InChI=1S/C26H33N2O3/c1-4-6-10-16-27-21-12-8-9-13-23(21)30-25(27)19-26-28(17-11-7-5-2)22-18-20(29-3)14-15-24(22)31-26/h8-9,12-15,18-19H,4-7,10-11,16-17H2,1-3H3/q+1. The molecule has 1 aliphatic heterocycles. The summed E-state index contributed by atoms with van der Waals surface area (Å²) in [5.74, 6) is 3.33. The van der Waals surface area contributed by atoms with Gasteiger partial charge in [-0.25, -0.2) is 0 Å². The van der Waals surface area contributed by atoms with Gasteiger partial charge in [0.1, 0.15) is 11.8 Å². The van der Waals surface area contributed by atoms with Crippen molar-refractivity contribution in [3.8, 4) is 11.5 Å². The summed E-state index contributed by atoms with van der Waals surface area (Å²) < 4.78 is 20.3. The fraction of sp³-hybridized carbons (Fsp3) is 0.423. The van der Waals surface area contributed by atoms with Crippen molar-refractivity contribution in [3.05, 3.63) is 54.2 Å². The molecule has 0 saturated heterocycles. The van der Waals surface area contributed by atoms with E-state index in [0.29, 0.717) is 0 Å². The summed E-state index contributed by atoms with van der Waals surface area (Å²) in [6.07, 6.45) is 9.03. The number of anilines is 1. The van der Waals surface area contributed by atoms with Gasteiger partial charge in [-0.3, -0.25) is 0 Å². The zero-order valence-electron chi connectivity index (χ0n) is 18.9. The van der Waals surface area contributed by atoms with Gasteiger partial charge in [0.15, 0.2) is 12.3 Å². The number of benzene rings is 2. The van der Waals surface area contributed by atoms with Crippen molar-refractivity contribution >= 4 is 22.9 Å². The number of unbranched alkanes of at least 4 members (excludes halogenated alkanes) is 4. The summed E-state index contributed by atoms with van der Waals surface area (Å²) in [5, 5.41) is 0. The monoisotopic (exact) mass is 421 g/mol. The van der Waals surface area contributed by atoms with Gasteiger partial charge >= 0.3 is 5.89 Å². The zero-order valence-corrected chi connectivity index (χ0v) is 18.9. The predicted molar refractivity (Wildman–Crippen MR) is 124 cm³/mol. The maximum Gasteiger partial charge on any atom is 0.379 e. The van der Waals surface area contributed by atoms with Crippen molar-refractivity contribution in [2.24, 2.45) is 0 Å². The number of ether oxygens (including phenoxy) is 2. The van der Waals surface area contributed by atoms with Crippen LogP contribution in [0.2, 0.25) is 0 Å². The second-order valence-electron chi connectivity index (χ2n) is 8.04. The normalized spacial score (nSPS) is 14.3. The van der Waals surface area contributed by atoms with Gasteiger partial charge in [0.2, 0.25) is 11.5 Å². The van der Waals surface area contributed by atoms with Crippen molar-refractivity contribution in [2.75, 3.05) is 18.6 Å². The molecular formula is C26H33N2O3+.